The maximum atomic E-state index is 10.9. The van der Waals surface area contributed by atoms with E-state index in [0.29, 0.717) is 35.7 Å². The average Bonchev–Trinajstić information content (AvgIpc) is 3.16. The van der Waals surface area contributed by atoms with Gasteiger partial charge in [0.2, 0.25) is 5.75 Å². The lowest BCUT2D eigenvalue weighted by Crippen LogP contribution is -2.06. The Morgan fingerprint density at radius 3 is 2.48 bits per heavy atom. The third kappa shape index (κ3) is 3.28. The Hall–Kier alpha value is -2.28. The molecule has 1 aliphatic heterocycles. The monoisotopic (exact) mass is 346 g/mol. The quantitative estimate of drug-likeness (QED) is 0.867. The molecule has 6 heteroatoms. The van der Waals surface area contributed by atoms with Crippen LogP contribution in [0, 0.1) is 6.92 Å². The molecule has 1 fully saturated rings. The summed E-state index contributed by atoms with van der Waals surface area (Å²) in [4.78, 5) is 0. The molecule has 0 saturated carbocycles. The fourth-order valence-electron chi connectivity index (χ4n) is 3.05. The van der Waals surface area contributed by atoms with Crippen LogP contribution < -0.4 is 9.47 Å². The van der Waals surface area contributed by atoms with Gasteiger partial charge in [-0.1, -0.05) is 18.2 Å². The third-order valence-electron chi connectivity index (χ3n) is 4.28. The van der Waals surface area contributed by atoms with Crippen LogP contribution in [0.1, 0.15) is 34.6 Å². The molecule has 25 heavy (non-hydrogen) atoms. The SMILES string of the molecule is COc1cc(C)c(C(O)c2cccc(C3OCCO3)c2)c(O)c1OC. The van der Waals surface area contributed by atoms with Crippen molar-refractivity contribution >= 4 is 0 Å². The molecule has 2 aromatic carbocycles. The number of rotatable bonds is 5. The molecule has 0 aromatic heterocycles. The molecule has 3 rings (SSSR count). The van der Waals surface area contributed by atoms with Crippen molar-refractivity contribution < 1.29 is 29.2 Å². The molecule has 0 spiro atoms. The molecule has 0 radical (unpaired) electrons. The summed E-state index contributed by atoms with van der Waals surface area (Å²) in [5.74, 6) is 0.473. The van der Waals surface area contributed by atoms with E-state index in [4.69, 9.17) is 18.9 Å². The fourth-order valence-corrected chi connectivity index (χ4v) is 3.05. The number of phenols is 1. The van der Waals surface area contributed by atoms with E-state index < -0.39 is 12.4 Å². The number of aromatic hydroxyl groups is 1. The zero-order chi connectivity index (χ0) is 18.0. The molecular formula is C19H22O6. The van der Waals surface area contributed by atoms with Crippen LogP contribution in [0.2, 0.25) is 0 Å². The number of methoxy groups -OCH3 is 2. The van der Waals surface area contributed by atoms with Gasteiger partial charge in [0, 0.05) is 11.1 Å². The molecule has 0 bridgehead atoms. The number of aliphatic hydroxyl groups is 1. The van der Waals surface area contributed by atoms with Gasteiger partial charge in [-0.15, -0.1) is 0 Å². The Bertz CT molecular complexity index is 752. The lowest BCUT2D eigenvalue weighted by molar-refractivity contribution is -0.0442. The van der Waals surface area contributed by atoms with Crippen LogP contribution in [0.3, 0.4) is 0 Å². The van der Waals surface area contributed by atoms with Crippen molar-refractivity contribution in [2.24, 2.45) is 0 Å². The Morgan fingerprint density at radius 2 is 1.84 bits per heavy atom. The third-order valence-corrected chi connectivity index (χ3v) is 4.28. The van der Waals surface area contributed by atoms with E-state index in [2.05, 4.69) is 0 Å². The number of benzene rings is 2. The molecule has 1 unspecified atom stereocenters. The summed E-state index contributed by atoms with van der Waals surface area (Å²) in [6, 6.07) is 9.04. The molecular weight excluding hydrogens is 324 g/mol. The van der Waals surface area contributed by atoms with Gasteiger partial charge in [0.15, 0.2) is 17.8 Å². The van der Waals surface area contributed by atoms with Crippen LogP contribution in [0.4, 0.5) is 0 Å². The number of aliphatic hydroxyl groups excluding tert-OH is 1. The van der Waals surface area contributed by atoms with Gasteiger partial charge in [-0.05, 0) is 30.2 Å². The van der Waals surface area contributed by atoms with E-state index in [1.807, 2.05) is 18.2 Å². The minimum Gasteiger partial charge on any atom is -0.504 e. The second kappa shape index (κ2) is 7.31. The van der Waals surface area contributed by atoms with Crippen LogP contribution in [-0.4, -0.2) is 37.6 Å². The van der Waals surface area contributed by atoms with Gasteiger partial charge >= 0.3 is 0 Å². The van der Waals surface area contributed by atoms with Crippen LogP contribution >= 0.6 is 0 Å². The summed E-state index contributed by atoms with van der Waals surface area (Å²) in [5, 5.41) is 21.4. The first kappa shape index (κ1) is 17.5. The van der Waals surface area contributed by atoms with E-state index in [9.17, 15) is 10.2 Å². The van der Waals surface area contributed by atoms with E-state index in [-0.39, 0.29) is 11.5 Å². The summed E-state index contributed by atoms with van der Waals surface area (Å²) >= 11 is 0. The van der Waals surface area contributed by atoms with E-state index in [1.54, 1.807) is 19.1 Å². The molecule has 2 N–H and O–H groups in total. The number of ether oxygens (including phenoxy) is 4. The topological polar surface area (TPSA) is 77.4 Å². The number of hydrogen-bond donors (Lipinski definition) is 2. The van der Waals surface area contributed by atoms with Gasteiger partial charge in [0.05, 0.1) is 27.4 Å². The van der Waals surface area contributed by atoms with Gasteiger partial charge in [-0.25, -0.2) is 0 Å². The van der Waals surface area contributed by atoms with Crippen LogP contribution in [0.15, 0.2) is 30.3 Å². The van der Waals surface area contributed by atoms with Gasteiger partial charge in [0.25, 0.3) is 0 Å². The number of aryl methyl sites for hydroxylation is 1. The first-order valence-corrected chi connectivity index (χ1v) is 8.02. The van der Waals surface area contributed by atoms with E-state index >= 15 is 0 Å². The van der Waals surface area contributed by atoms with E-state index in [0.717, 1.165) is 5.56 Å². The maximum Gasteiger partial charge on any atom is 0.203 e. The molecule has 0 aliphatic carbocycles. The molecule has 1 saturated heterocycles. The van der Waals surface area contributed by atoms with Crippen molar-refractivity contribution in [3.05, 3.63) is 52.6 Å². The lowest BCUT2D eigenvalue weighted by atomic mass is 9.94. The summed E-state index contributed by atoms with van der Waals surface area (Å²) in [5.41, 5.74) is 2.53. The van der Waals surface area contributed by atoms with Crippen molar-refractivity contribution in [1.82, 2.24) is 0 Å². The first-order chi connectivity index (χ1) is 12.1. The highest BCUT2D eigenvalue weighted by molar-refractivity contribution is 5.60. The van der Waals surface area contributed by atoms with Gasteiger partial charge in [0.1, 0.15) is 6.10 Å². The predicted octanol–water partition coefficient (Wildman–Crippen LogP) is 2.84. The Balaban J connectivity index is 2.01. The second-order valence-corrected chi connectivity index (χ2v) is 5.84. The highest BCUT2D eigenvalue weighted by Crippen LogP contribution is 2.45. The van der Waals surface area contributed by atoms with Gasteiger partial charge < -0.3 is 29.2 Å². The minimum atomic E-state index is -1.03. The molecule has 1 heterocycles. The Labute approximate surface area is 146 Å². The molecule has 134 valence electrons. The normalized spacial score (nSPS) is 16.0. The predicted molar refractivity (Wildman–Crippen MR) is 91.1 cm³/mol. The van der Waals surface area contributed by atoms with Gasteiger partial charge in [-0.3, -0.25) is 0 Å². The minimum absolute atomic E-state index is 0.134. The largest absolute Gasteiger partial charge is 0.504 e. The van der Waals surface area contributed by atoms with Gasteiger partial charge in [-0.2, -0.15) is 0 Å². The van der Waals surface area contributed by atoms with Crippen LogP contribution in [0.25, 0.3) is 0 Å². The molecule has 1 aliphatic rings. The van der Waals surface area contributed by atoms with Crippen LogP contribution in [-0.2, 0) is 9.47 Å². The highest BCUT2D eigenvalue weighted by Gasteiger charge is 2.25. The van der Waals surface area contributed by atoms with E-state index in [1.165, 1.54) is 14.2 Å². The van der Waals surface area contributed by atoms with Crippen molar-refractivity contribution in [2.45, 2.75) is 19.3 Å². The summed E-state index contributed by atoms with van der Waals surface area (Å²) in [6.45, 7) is 2.90. The summed E-state index contributed by atoms with van der Waals surface area (Å²) < 4.78 is 21.5. The van der Waals surface area contributed by atoms with Crippen molar-refractivity contribution in [1.29, 1.82) is 0 Å². The first-order valence-electron chi connectivity index (χ1n) is 8.02. The Morgan fingerprint density at radius 1 is 1.12 bits per heavy atom. The average molecular weight is 346 g/mol. The van der Waals surface area contributed by atoms with Crippen molar-refractivity contribution in [2.75, 3.05) is 27.4 Å². The summed E-state index contributed by atoms with van der Waals surface area (Å²) in [6.07, 6.45) is -1.45. The zero-order valence-electron chi connectivity index (χ0n) is 14.5. The molecule has 6 nitrogen and oxygen atoms in total. The maximum absolute atomic E-state index is 10.9. The molecule has 2 aromatic rings. The fraction of sp³-hybridized carbons (Fsp3) is 0.368. The number of hydrogen-bond acceptors (Lipinski definition) is 6. The van der Waals surface area contributed by atoms with Crippen LogP contribution in [0.5, 0.6) is 17.2 Å². The highest BCUT2D eigenvalue weighted by atomic mass is 16.7. The Kier molecular flexibility index (Phi) is 5.13. The van der Waals surface area contributed by atoms with Crippen molar-refractivity contribution in [3.8, 4) is 17.2 Å². The smallest absolute Gasteiger partial charge is 0.203 e. The standard InChI is InChI=1S/C19H22O6/c1-11-9-14(22-2)18(23-3)17(21)15(11)16(20)12-5-4-6-13(10-12)19-24-7-8-25-19/h4-6,9-10,16,19-21H,7-8H2,1-3H3. The lowest BCUT2D eigenvalue weighted by Gasteiger charge is -2.20. The molecule has 1 atom stereocenters. The number of phenolic OH excluding ortho intramolecular Hbond substituents is 1. The van der Waals surface area contributed by atoms with Crippen molar-refractivity contribution in [3.63, 3.8) is 0 Å². The second-order valence-electron chi connectivity index (χ2n) is 5.84. The summed E-state index contributed by atoms with van der Waals surface area (Å²) in [7, 11) is 2.94. The molecule has 0 amide bonds. The zero-order valence-corrected chi connectivity index (χ0v) is 14.5.